The summed E-state index contributed by atoms with van der Waals surface area (Å²) in [5, 5.41) is 1.73. The van der Waals surface area contributed by atoms with Crippen molar-refractivity contribution in [2.24, 2.45) is 5.92 Å². The molecule has 0 amide bonds. The van der Waals surface area contributed by atoms with Crippen LogP contribution in [0.5, 0.6) is 0 Å². The minimum atomic E-state index is -1.38. The largest absolute Gasteiger partial charge is 0.466 e. The van der Waals surface area contributed by atoms with Gasteiger partial charge in [0.15, 0.2) is 0 Å². The van der Waals surface area contributed by atoms with Crippen LogP contribution in [0.2, 0.25) is 0 Å². The molecule has 0 aromatic rings. The van der Waals surface area contributed by atoms with Gasteiger partial charge in [-0.2, -0.15) is 0 Å². The number of ether oxygens (including phenoxy) is 3. The van der Waals surface area contributed by atoms with E-state index in [0.717, 1.165) is 38.8 Å². The Morgan fingerprint density at radius 2 is 1.61 bits per heavy atom. The number of carbonyl (C=O) groups is 2. The molecule has 0 aromatic heterocycles. The third kappa shape index (κ3) is 5.97. The number of carbonyl (C=O) groups excluding carboxylic acids is 2. The summed E-state index contributed by atoms with van der Waals surface area (Å²) in [5.74, 6) is -2.01. The van der Waals surface area contributed by atoms with Gasteiger partial charge in [0.05, 0.1) is 25.2 Å². The summed E-state index contributed by atoms with van der Waals surface area (Å²) in [5.41, 5.74) is -0.636. The maximum atomic E-state index is 13.7. The summed E-state index contributed by atoms with van der Waals surface area (Å²) in [6.45, 7) is 10.6. The van der Waals surface area contributed by atoms with Gasteiger partial charge < -0.3 is 14.2 Å². The first kappa shape index (κ1) is 24.4. The van der Waals surface area contributed by atoms with Crippen molar-refractivity contribution in [2.75, 3.05) is 32.8 Å². The van der Waals surface area contributed by atoms with Crippen molar-refractivity contribution in [3.05, 3.63) is 0 Å². The lowest BCUT2D eigenvalue weighted by molar-refractivity contribution is -0.370. The maximum absolute atomic E-state index is 13.7. The van der Waals surface area contributed by atoms with E-state index < -0.39 is 17.4 Å². The molecule has 2 aliphatic heterocycles. The molecule has 8 heteroatoms. The number of likely N-dealkylation sites (tertiary alicyclic amines) is 1. The van der Waals surface area contributed by atoms with Gasteiger partial charge in [-0.3, -0.25) is 14.5 Å². The van der Waals surface area contributed by atoms with Crippen LogP contribution in [0.4, 0.5) is 0 Å². The monoisotopic (exact) mass is 440 g/mol. The van der Waals surface area contributed by atoms with Crippen molar-refractivity contribution >= 4 is 11.9 Å². The Bertz CT molecular complexity index is 602. The predicted octanol–water partition coefficient (Wildman–Crippen LogP) is 3.24. The fourth-order valence-electron chi connectivity index (χ4n) is 4.68. The molecule has 1 atom stereocenters. The van der Waals surface area contributed by atoms with E-state index in [4.69, 9.17) is 19.0 Å². The minimum absolute atomic E-state index is 0.0891. The molecule has 1 unspecified atom stereocenters. The van der Waals surface area contributed by atoms with E-state index in [1.807, 2.05) is 27.7 Å². The summed E-state index contributed by atoms with van der Waals surface area (Å²) >= 11 is 0. The Morgan fingerprint density at radius 3 is 2.16 bits per heavy atom. The Labute approximate surface area is 186 Å². The number of hydrogen-bond acceptors (Lipinski definition) is 8. The molecule has 0 N–H and O–H groups in total. The molecule has 1 aliphatic carbocycles. The van der Waals surface area contributed by atoms with Gasteiger partial charge in [0.1, 0.15) is 5.60 Å². The average Bonchev–Trinajstić information content (AvgIpc) is 3.27. The van der Waals surface area contributed by atoms with Crippen molar-refractivity contribution in [3.8, 4) is 0 Å². The van der Waals surface area contributed by atoms with Gasteiger partial charge in [-0.05, 0) is 79.1 Å². The SMILES string of the molecule is CCOC(=O)[C@H]1CC[C@H](OC(C(=O)OC(C)(C)C)(N2CCCC2)N2CCCCO2)CC1. The number of rotatable bonds is 7. The van der Waals surface area contributed by atoms with E-state index in [0.29, 0.717) is 45.4 Å². The number of nitrogens with zero attached hydrogens (tertiary/aromatic N) is 2. The zero-order valence-electron chi connectivity index (χ0n) is 19.7. The van der Waals surface area contributed by atoms with E-state index in [1.165, 1.54) is 0 Å². The normalized spacial score (nSPS) is 28.1. The van der Waals surface area contributed by atoms with Crippen LogP contribution in [-0.2, 0) is 28.6 Å². The van der Waals surface area contributed by atoms with Gasteiger partial charge in [0, 0.05) is 19.6 Å². The summed E-state index contributed by atoms with van der Waals surface area (Å²) in [6.07, 6.45) is 6.59. The van der Waals surface area contributed by atoms with Crippen molar-refractivity contribution < 1.29 is 28.6 Å². The summed E-state index contributed by atoms with van der Waals surface area (Å²) in [6, 6.07) is 0. The Morgan fingerprint density at radius 1 is 0.968 bits per heavy atom. The molecule has 0 radical (unpaired) electrons. The first-order valence-electron chi connectivity index (χ1n) is 12.0. The van der Waals surface area contributed by atoms with E-state index in [-0.39, 0.29) is 18.0 Å². The Balaban J connectivity index is 1.82. The third-order valence-corrected chi connectivity index (χ3v) is 6.17. The van der Waals surface area contributed by atoms with Crippen LogP contribution in [0.25, 0.3) is 0 Å². The lowest BCUT2D eigenvalue weighted by atomic mass is 9.87. The minimum Gasteiger partial charge on any atom is -0.466 e. The Hall–Kier alpha value is -1.22. The molecule has 0 spiro atoms. The first-order chi connectivity index (χ1) is 14.8. The van der Waals surface area contributed by atoms with E-state index in [2.05, 4.69) is 4.90 Å². The van der Waals surface area contributed by atoms with Gasteiger partial charge in [-0.1, -0.05) is 0 Å². The second kappa shape index (κ2) is 10.6. The van der Waals surface area contributed by atoms with Crippen LogP contribution in [0.15, 0.2) is 0 Å². The first-order valence-corrected chi connectivity index (χ1v) is 12.0. The third-order valence-electron chi connectivity index (χ3n) is 6.17. The van der Waals surface area contributed by atoms with Gasteiger partial charge in [0.25, 0.3) is 0 Å². The topological polar surface area (TPSA) is 77.5 Å². The molecule has 178 valence electrons. The van der Waals surface area contributed by atoms with Crippen LogP contribution in [-0.4, -0.2) is 72.3 Å². The van der Waals surface area contributed by atoms with Crippen LogP contribution in [0.3, 0.4) is 0 Å². The highest BCUT2D eigenvalue weighted by Crippen LogP contribution is 2.37. The highest BCUT2D eigenvalue weighted by Gasteiger charge is 2.56. The molecule has 3 rings (SSSR count). The molecule has 3 fully saturated rings. The van der Waals surface area contributed by atoms with Crippen LogP contribution >= 0.6 is 0 Å². The number of hydrogen-bond donors (Lipinski definition) is 0. The maximum Gasteiger partial charge on any atom is 0.373 e. The smallest absolute Gasteiger partial charge is 0.373 e. The molecule has 3 aliphatic rings. The lowest BCUT2D eigenvalue weighted by Gasteiger charge is -2.49. The number of hydroxylamine groups is 2. The summed E-state index contributed by atoms with van der Waals surface area (Å²) in [7, 11) is 0. The van der Waals surface area contributed by atoms with Crippen LogP contribution in [0, 0.1) is 5.92 Å². The van der Waals surface area contributed by atoms with Crippen LogP contribution < -0.4 is 0 Å². The van der Waals surface area contributed by atoms with Crippen LogP contribution in [0.1, 0.15) is 79.1 Å². The fourth-order valence-corrected chi connectivity index (χ4v) is 4.68. The van der Waals surface area contributed by atoms with Crippen molar-refractivity contribution in [3.63, 3.8) is 0 Å². The lowest BCUT2D eigenvalue weighted by Crippen LogP contribution is -2.69. The highest BCUT2D eigenvalue weighted by molar-refractivity contribution is 5.79. The van der Waals surface area contributed by atoms with Gasteiger partial charge in [-0.15, -0.1) is 5.06 Å². The average molecular weight is 441 g/mol. The fraction of sp³-hybridized carbons (Fsp3) is 0.913. The van der Waals surface area contributed by atoms with E-state index in [1.54, 1.807) is 5.06 Å². The van der Waals surface area contributed by atoms with Gasteiger partial charge in [0.2, 0.25) is 0 Å². The Kier molecular flexibility index (Phi) is 8.35. The number of esters is 2. The molecule has 31 heavy (non-hydrogen) atoms. The molecular weight excluding hydrogens is 400 g/mol. The zero-order valence-corrected chi connectivity index (χ0v) is 19.7. The summed E-state index contributed by atoms with van der Waals surface area (Å²) in [4.78, 5) is 34.0. The molecule has 2 saturated heterocycles. The predicted molar refractivity (Wildman–Crippen MR) is 115 cm³/mol. The molecule has 8 nitrogen and oxygen atoms in total. The molecular formula is C23H40N2O6. The second-order valence-corrected chi connectivity index (χ2v) is 9.79. The standard InChI is InChI=1S/C23H40N2O6/c1-5-28-20(26)18-10-12-19(13-11-18)30-23(24-14-6-7-15-24,21(27)31-22(2,3)4)25-16-8-9-17-29-25/h18-19H,5-17H2,1-4H3/t18-,19-,23?. The molecule has 0 aromatic carbocycles. The summed E-state index contributed by atoms with van der Waals surface area (Å²) < 4.78 is 17.8. The van der Waals surface area contributed by atoms with E-state index in [9.17, 15) is 9.59 Å². The molecule has 0 bridgehead atoms. The quantitative estimate of drug-likeness (QED) is 0.559. The van der Waals surface area contributed by atoms with Crippen molar-refractivity contribution in [1.82, 2.24) is 9.96 Å². The zero-order chi connectivity index (χ0) is 22.5. The van der Waals surface area contributed by atoms with Crippen molar-refractivity contribution in [1.29, 1.82) is 0 Å². The second-order valence-electron chi connectivity index (χ2n) is 9.79. The van der Waals surface area contributed by atoms with Crippen molar-refractivity contribution in [2.45, 2.75) is 96.6 Å². The molecule has 2 heterocycles. The van der Waals surface area contributed by atoms with Gasteiger partial charge >= 0.3 is 17.8 Å². The van der Waals surface area contributed by atoms with Gasteiger partial charge in [-0.25, -0.2) is 4.79 Å². The van der Waals surface area contributed by atoms with E-state index >= 15 is 0 Å². The highest BCUT2D eigenvalue weighted by atomic mass is 16.7. The molecule has 1 saturated carbocycles.